The normalized spacial score (nSPS) is 12.1. The molecule has 0 N–H and O–H groups in total. The van der Waals surface area contributed by atoms with Crippen molar-refractivity contribution in [1.82, 2.24) is 0 Å². The van der Waals surface area contributed by atoms with E-state index in [0.717, 1.165) is 69.6 Å². The van der Waals surface area contributed by atoms with Crippen molar-refractivity contribution in [2.75, 3.05) is 13.2 Å². The number of rotatable bonds is 41. The van der Waals surface area contributed by atoms with Crippen LogP contribution in [0.4, 0.5) is 0 Å². The van der Waals surface area contributed by atoms with Gasteiger partial charge in [-0.1, -0.05) is 214 Å². The van der Waals surface area contributed by atoms with E-state index in [-0.39, 0.29) is 31.1 Å². The summed E-state index contributed by atoms with van der Waals surface area (Å²) in [5.41, 5.74) is 0. The van der Waals surface area contributed by atoms with Crippen LogP contribution in [0.1, 0.15) is 253 Å². The Kier molecular flexibility index (Phi) is 38.9. The summed E-state index contributed by atoms with van der Waals surface area (Å²) in [6.07, 6.45) is 38.3. The lowest BCUT2D eigenvalue weighted by atomic mass is 10.0. The molecule has 1 atom stereocenters. The van der Waals surface area contributed by atoms with Crippen LogP contribution in [-0.2, 0) is 28.6 Å². The molecule has 0 spiro atoms. The van der Waals surface area contributed by atoms with Gasteiger partial charge in [-0.2, -0.15) is 0 Å². The van der Waals surface area contributed by atoms with Gasteiger partial charge in [0.05, 0.1) is 0 Å². The van der Waals surface area contributed by atoms with Crippen LogP contribution in [0.2, 0.25) is 0 Å². The summed E-state index contributed by atoms with van der Waals surface area (Å²) >= 11 is 0. The van der Waals surface area contributed by atoms with Crippen molar-refractivity contribution in [2.24, 2.45) is 11.8 Å². The molecule has 0 unspecified atom stereocenters. The van der Waals surface area contributed by atoms with Gasteiger partial charge in [-0.25, -0.2) is 0 Å². The number of ether oxygens (including phenoxy) is 3. The second-order valence-electron chi connectivity index (χ2n) is 17.0. The molecule has 53 heavy (non-hydrogen) atoms. The van der Waals surface area contributed by atoms with Gasteiger partial charge in [-0.15, -0.1) is 0 Å². The highest BCUT2D eigenvalue weighted by Crippen LogP contribution is 2.16. The fraction of sp³-hybridized carbons (Fsp3) is 0.936. The molecule has 0 aromatic heterocycles. The molecule has 0 amide bonds. The first-order valence-corrected chi connectivity index (χ1v) is 23.2. The van der Waals surface area contributed by atoms with Crippen LogP contribution in [0.25, 0.3) is 0 Å². The maximum Gasteiger partial charge on any atom is 0.306 e. The highest BCUT2D eigenvalue weighted by Gasteiger charge is 2.19. The molecule has 6 nitrogen and oxygen atoms in total. The van der Waals surface area contributed by atoms with E-state index in [1.54, 1.807) is 0 Å². The predicted molar refractivity (Wildman–Crippen MR) is 224 cm³/mol. The molecule has 0 aromatic carbocycles. The Morgan fingerprint density at radius 2 is 0.623 bits per heavy atom. The first-order valence-electron chi connectivity index (χ1n) is 23.2. The van der Waals surface area contributed by atoms with E-state index in [2.05, 4.69) is 34.6 Å². The largest absolute Gasteiger partial charge is 0.462 e. The fourth-order valence-electron chi connectivity index (χ4n) is 6.93. The average Bonchev–Trinajstić information content (AvgIpc) is 3.12. The molecule has 0 aliphatic carbocycles. The van der Waals surface area contributed by atoms with Gasteiger partial charge in [-0.05, 0) is 31.1 Å². The minimum absolute atomic E-state index is 0.0660. The molecule has 0 aliphatic rings. The first-order chi connectivity index (χ1) is 25.7. The van der Waals surface area contributed by atoms with Gasteiger partial charge in [0, 0.05) is 19.3 Å². The molecule has 0 fully saturated rings. The number of carbonyl (C=O) groups is 3. The minimum Gasteiger partial charge on any atom is -0.462 e. The molecule has 0 rings (SSSR count). The highest BCUT2D eigenvalue weighted by atomic mass is 16.6. The van der Waals surface area contributed by atoms with Crippen molar-refractivity contribution in [3.63, 3.8) is 0 Å². The van der Waals surface area contributed by atoms with Crippen molar-refractivity contribution in [3.05, 3.63) is 0 Å². The summed E-state index contributed by atoms with van der Waals surface area (Å²) < 4.78 is 16.7. The van der Waals surface area contributed by atoms with Gasteiger partial charge in [0.1, 0.15) is 13.2 Å². The van der Waals surface area contributed by atoms with Crippen molar-refractivity contribution in [2.45, 2.75) is 259 Å². The van der Waals surface area contributed by atoms with Crippen LogP contribution in [0.15, 0.2) is 0 Å². The quantitative estimate of drug-likeness (QED) is 0.0352. The zero-order valence-corrected chi connectivity index (χ0v) is 36.1. The first kappa shape index (κ1) is 51.4. The monoisotopic (exact) mass is 751 g/mol. The molecule has 0 radical (unpaired) electrons. The van der Waals surface area contributed by atoms with Gasteiger partial charge < -0.3 is 14.2 Å². The van der Waals surface area contributed by atoms with E-state index < -0.39 is 6.10 Å². The Morgan fingerprint density at radius 3 is 0.925 bits per heavy atom. The van der Waals surface area contributed by atoms with Gasteiger partial charge in [0.15, 0.2) is 6.10 Å². The van der Waals surface area contributed by atoms with Crippen molar-refractivity contribution in [1.29, 1.82) is 0 Å². The minimum atomic E-state index is -0.761. The number of hydrogen-bond donors (Lipinski definition) is 0. The lowest BCUT2D eigenvalue weighted by molar-refractivity contribution is -0.167. The molecule has 0 heterocycles. The number of unbranched alkanes of at least 4 members (excludes halogenated alkanes) is 26. The molecule has 0 saturated heterocycles. The zero-order valence-electron chi connectivity index (χ0n) is 36.1. The Hall–Kier alpha value is -1.59. The van der Waals surface area contributed by atoms with Crippen molar-refractivity contribution >= 4 is 17.9 Å². The molecule has 314 valence electrons. The van der Waals surface area contributed by atoms with Crippen LogP contribution < -0.4 is 0 Å². The predicted octanol–water partition coefficient (Wildman–Crippen LogP) is 14.6. The third kappa shape index (κ3) is 41.4. The summed E-state index contributed by atoms with van der Waals surface area (Å²) in [6.45, 7) is 11.2. The zero-order chi connectivity index (χ0) is 39.0. The van der Waals surface area contributed by atoms with E-state index >= 15 is 0 Å². The van der Waals surface area contributed by atoms with Crippen molar-refractivity contribution < 1.29 is 28.6 Å². The summed E-state index contributed by atoms with van der Waals surface area (Å²) in [7, 11) is 0. The van der Waals surface area contributed by atoms with E-state index in [1.807, 2.05) is 0 Å². The molecule has 0 bridgehead atoms. The molecule has 0 aliphatic heterocycles. The molecule has 0 saturated carbocycles. The Bertz CT molecular complexity index is 809. The van der Waals surface area contributed by atoms with Gasteiger partial charge in [-0.3, -0.25) is 14.4 Å². The lowest BCUT2D eigenvalue weighted by Gasteiger charge is -2.18. The molecule has 0 aromatic rings. The number of hydrogen-bond acceptors (Lipinski definition) is 6. The Balaban J connectivity index is 4.26. The molecule has 6 heteroatoms. The third-order valence-electron chi connectivity index (χ3n) is 10.5. The second-order valence-corrected chi connectivity index (χ2v) is 17.0. The summed E-state index contributed by atoms with van der Waals surface area (Å²) in [6, 6.07) is 0. The lowest BCUT2D eigenvalue weighted by Crippen LogP contribution is -2.30. The topological polar surface area (TPSA) is 78.9 Å². The van der Waals surface area contributed by atoms with Crippen LogP contribution in [0, 0.1) is 11.8 Å². The summed E-state index contributed by atoms with van der Waals surface area (Å²) in [5.74, 6) is 0.677. The summed E-state index contributed by atoms with van der Waals surface area (Å²) in [5, 5.41) is 0. The number of esters is 3. The highest BCUT2D eigenvalue weighted by molar-refractivity contribution is 5.71. The Morgan fingerprint density at radius 1 is 0.358 bits per heavy atom. The molecular formula is C47H90O6. The average molecular weight is 751 g/mol. The van der Waals surface area contributed by atoms with E-state index in [1.165, 1.54) is 141 Å². The third-order valence-corrected chi connectivity index (χ3v) is 10.5. The van der Waals surface area contributed by atoms with E-state index in [0.29, 0.717) is 19.3 Å². The standard InChI is InChI=1S/C47H90O6/c1-6-7-8-9-10-11-12-13-14-15-16-17-18-21-27-32-37-45(48)51-40-44(41-52-46(49)38-33-28-24-23-26-31-36-43(4)5)53-47(50)39-34-29-22-19-20-25-30-35-42(2)3/h42-44H,6-41H2,1-5H3/t44-/m1/s1. The van der Waals surface area contributed by atoms with Crippen LogP contribution in [0.3, 0.4) is 0 Å². The van der Waals surface area contributed by atoms with Crippen molar-refractivity contribution in [3.8, 4) is 0 Å². The van der Waals surface area contributed by atoms with Crippen LogP contribution >= 0.6 is 0 Å². The number of carbonyl (C=O) groups excluding carboxylic acids is 3. The maximum atomic E-state index is 12.7. The smallest absolute Gasteiger partial charge is 0.306 e. The molecular weight excluding hydrogens is 661 g/mol. The van der Waals surface area contributed by atoms with E-state index in [9.17, 15) is 14.4 Å². The van der Waals surface area contributed by atoms with Crippen LogP contribution in [-0.4, -0.2) is 37.2 Å². The fourth-order valence-corrected chi connectivity index (χ4v) is 6.93. The van der Waals surface area contributed by atoms with Gasteiger partial charge in [0.2, 0.25) is 0 Å². The maximum absolute atomic E-state index is 12.7. The SMILES string of the molecule is CCCCCCCCCCCCCCCCCCC(=O)OC[C@H](COC(=O)CCCCCCCCC(C)C)OC(=O)CCCCCCCCCC(C)C. The van der Waals surface area contributed by atoms with Gasteiger partial charge in [0.25, 0.3) is 0 Å². The Labute approximate surface area is 329 Å². The second kappa shape index (κ2) is 40.1. The van der Waals surface area contributed by atoms with E-state index in [4.69, 9.17) is 14.2 Å². The summed E-state index contributed by atoms with van der Waals surface area (Å²) in [4.78, 5) is 37.7. The van der Waals surface area contributed by atoms with Gasteiger partial charge >= 0.3 is 17.9 Å². The van der Waals surface area contributed by atoms with Crippen LogP contribution in [0.5, 0.6) is 0 Å².